The minimum atomic E-state index is -1.13. The maximum absolute atomic E-state index is 11.8. The van der Waals surface area contributed by atoms with Crippen molar-refractivity contribution in [2.75, 3.05) is 18.2 Å². The highest BCUT2D eigenvalue weighted by Gasteiger charge is 2.07. The van der Waals surface area contributed by atoms with Crippen molar-refractivity contribution in [1.82, 2.24) is 0 Å². The van der Waals surface area contributed by atoms with Gasteiger partial charge in [0.25, 0.3) is 11.6 Å². The summed E-state index contributed by atoms with van der Waals surface area (Å²) in [5.74, 6) is -0.0310. The van der Waals surface area contributed by atoms with Gasteiger partial charge in [-0.3, -0.25) is 19.1 Å². The van der Waals surface area contributed by atoms with Gasteiger partial charge >= 0.3 is 0 Å². The van der Waals surface area contributed by atoms with Crippen molar-refractivity contribution >= 4 is 28.1 Å². The van der Waals surface area contributed by atoms with Crippen LogP contribution in [0, 0.1) is 10.1 Å². The summed E-state index contributed by atoms with van der Waals surface area (Å²) < 4.78 is 16.7. The van der Waals surface area contributed by atoms with Crippen molar-refractivity contribution in [2.45, 2.75) is 4.90 Å². The lowest BCUT2D eigenvalue weighted by Crippen LogP contribution is -2.20. The molecule has 120 valence electrons. The molecule has 0 spiro atoms. The minimum Gasteiger partial charge on any atom is -0.484 e. The molecular weight excluding hydrogens is 320 g/mol. The summed E-state index contributed by atoms with van der Waals surface area (Å²) in [5.41, 5.74) is 0.473. The predicted octanol–water partition coefficient (Wildman–Crippen LogP) is 2.35. The number of anilines is 1. The van der Waals surface area contributed by atoms with Crippen molar-refractivity contribution in [3.63, 3.8) is 0 Å². The van der Waals surface area contributed by atoms with Gasteiger partial charge in [0.05, 0.1) is 4.92 Å². The van der Waals surface area contributed by atoms with E-state index in [1.54, 1.807) is 30.5 Å². The van der Waals surface area contributed by atoms with Crippen LogP contribution >= 0.6 is 0 Å². The van der Waals surface area contributed by atoms with E-state index in [0.717, 1.165) is 0 Å². The number of nitro benzene ring substituents is 1. The van der Waals surface area contributed by atoms with Crippen LogP contribution in [-0.4, -0.2) is 27.9 Å². The molecule has 0 bridgehead atoms. The predicted molar refractivity (Wildman–Crippen MR) is 86.0 cm³/mol. The van der Waals surface area contributed by atoms with Crippen LogP contribution in [0.25, 0.3) is 0 Å². The van der Waals surface area contributed by atoms with Crippen LogP contribution in [-0.2, 0) is 15.6 Å². The standard InChI is InChI=1S/C15H14N2O5S/c1-23(21)14-4-2-3-11(9-14)16-15(18)10-22-13-7-5-12(6-8-13)17(19)20/h2-9H,10H2,1H3,(H,16,18). The molecule has 1 atom stereocenters. The first-order valence-corrected chi connectivity index (χ1v) is 8.12. The zero-order valence-corrected chi connectivity index (χ0v) is 13.0. The van der Waals surface area contributed by atoms with Gasteiger partial charge in [-0.05, 0) is 30.3 Å². The Labute approximate surface area is 134 Å². The second-order valence-corrected chi connectivity index (χ2v) is 5.95. The maximum Gasteiger partial charge on any atom is 0.269 e. The molecule has 1 amide bonds. The number of hydrogen-bond donors (Lipinski definition) is 1. The lowest BCUT2D eigenvalue weighted by molar-refractivity contribution is -0.384. The lowest BCUT2D eigenvalue weighted by atomic mass is 10.3. The average molecular weight is 334 g/mol. The Kier molecular flexibility index (Phi) is 5.42. The Morgan fingerprint density at radius 1 is 1.26 bits per heavy atom. The zero-order valence-electron chi connectivity index (χ0n) is 12.2. The van der Waals surface area contributed by atoms with Gasteiger partial charge in [0, 0.05) is 39.8 Å². The Hall–Kier alpha value is -2.74. The first kappa shape index (κ1) is 16.6. The number of carbonyl (C=O) groups excluding carboxylic acids is 1. The van der Waals surface area contributed by atoms with Crippen LogP contribution in [0.1, 0.15) is 0 Å². The molecule has 7 nitrogen and oxygen atoms in total. The Balaban J connectivity index is 1.91. The van der Waals surface area contributed by atoms with E-state index in [4.69, 9.17) is 4.74 Å². The molecule has 0 aliphatic carbocycles. The fourth-order valence-electron chi connectivity index (χ4n) is 1.76. The van der Waals surface area contributed by atoms with Crippen LogP contribution in [0.15, 0.2) is 53.4 Å². The number of benzene rings is 2. The monoisotopic (exact) mass is 334 g/mol. The normalized spacial score (nSPS) is 11.5. The van der Waals surface area contributed by atoms with Gasteiger partial charge < -0.3 is 10.1 Å². The largest absolute Gasteiger partial charge is 0.484 e. The molecule has 23 heavy (non-hydrogen) atoms. The topological polar surface area (TPSA) is 98.5 Å². The molecule has 1 N–H and O–H groups in total. The summed E-state index contributed by atoms with van der Waals surface area (Å²) in [4.78, 5) is 22.5. The van der Waals surface area contributed by atoms with Gasteiger partial charge in [-0.15, -0.1) is 0 Å². The van der Waals surface area contributed by atoms with Crippen molar-refractivity contribution < 1.29 is 18.7 Å². The number of carbonyl (C=O) groups is 1. The first-order chi connectivity index (χ1) is 11.0. The number of non-ortho nitro benzene ring substituents is 1. The molecule has 0 fully saturated rings. The first-order valence-electron chi connectivity index (χ1n) is 6.56. The second kappa shape index (κ2) is 7.50. The van der Waals surface area contributed by atoms with E-state index in [2.05, 4.69) is 5.32 Å². The Bertz CT molecular complexity index is 746. The Morgan fingerprint density at radius 3 is 2.57 bits per heavy atom. The number of hydrogen-bond acceptors (Lipinski definition) is 5. The fourth-order valence-corrected chi connectivity index (χ4v) is 2.33. The molecule has 0 radical (unpaired) electrons. The molecule has 2 rings (SSSR count). The number of nitrogens with one attached hydrogen (secondary N) is 1. The van der Waals surface area contributed by atoms with E-state index in [-0.39, 0.29) is 18.2 Å². The van der Waals surface area contributed by atoms with Crippen molar-refractivity contribution in [1.29, 1.82) is 0 Å². The van der Waals surface area contributed by atoms with E-state index in [1.807, 2.05) is 0 Å². The summed E-state index contributed by atoms with van der Waals surface area (Å²) in [6.45, 7) is -0.239. The summed E-state index contributed by atoms with van der Waals surface area (Å²) in [7, 11) is -1.13. The molecule has 0 aliphatic heterocycles. The molecule has 0 saturated heterocycles. The molecule has 0 heterocycles. The van der Waals surface area contributed by atoms with Gasteiger partial charge in [-0.2, -0.15) is 0 Å². The minimum absolute atomic E-state index is 0.0498. The van der Waals surface area contributed by atoms with Gasteiger partial charge in [-0.1, -0.05) is 6.07 Å². The summed E-state index contributed by atoms with van der Waals surface area (Å²) in [5, 5.41) is 13.2. The number of rotatable bonds is 6. The van der Waals surface area contributed by atoms with Crippen molar-refractivity contribution in [2.24, 2.45) is 0 Å². The second-order valence-electron chi connectivity index (χ2n) is 4.57. The van der Waals surface area contributed by atoms with E-state index in [1.165, 1.54) is 24.3 Å². The van der Waals surface area contributed by atoms with Crippen molar-refractivity contribution in [3.8, 4) is 5.75 Å². The molecule has 0 saturated carbocycles. The van der Waals surface area contributed by atoms with Crippen LogP contribution in [0.3, 0.4) is 0 Å². The third-order valence-corrected chi connectivity index (χ3v) is 3.78. The fraction of sp³-hybridized carbons (Fsp3) is 0.133. The molecule has 2 aromatic rings. The summed E-state index contributed by atoms with van der Waals surface area (Å²) in [6.07, 6.45) is 1.55. The molecule has 2 aromatic carbocycles. The highest BCUT2D eigenvalue weighted by Crippen LogP contribution is 2.17. The van der Waals surface area contributed by atoms with E-state index >= 15 is 0 Å². The average Bonchev–Trinajstić information content (AvgIpc) is 2.53. The number of amides is 1. The number of ether oxygens (including phenoxy) is 1. The van der Waals surface area contributed by atoms with Crippen LogP contribution in [0.5, 0.6) is 5.75 Å². The highest BCUT2D eigenvalue weighted by atomic mass is 32.2. The lowest BCUT2D eigenvalue weighted by Gasteiger charge is -2.08. The SMILES string of the molecule is CS(=O)c1cccc(NC(=O)COc2ccc([N+](=O)[O-])cc2)c1. The van der Waals surface area contributed by atoms with Crippen LogP contribution in [0.4, 0.5) is 11.4 Å². The molecule has 1 unspecified atom stereocenters. The quantitative estimate of drug-likeness (QED) is 0.646. The maximum atomic E-state index is 11.8. The van der Waals surface area contributed by atoms with Gasteiger partial charge in [-0.25, -0.2) is 0 Å². The smallest absolute Gasteiger partial charge is 0.269 e. The van der Waals surface area contributed by atoms with Crippen LogP contribution < -0.4 is 10.1 Å². The van der Waals surface area contributed by atoms with Gasteiger partial charge in [0.1, 0.15) is 5.75 Å². The summed E-state index contributed by atoms with van der Waals surface area (Å²) >= 11 is 0. The molecule has 0 aliphatic rings. The van der Waals surface area contributed by atoms with Crippen molar-refractivity contribution in [3.05, 3.63) is 58.6 Å². The van der Waals surface area contributed by atoms with E-state index in [0.29, 0.717) is 16.3 Å². The summed E-state index contributed by atoms with van der Waals surface area (Å²) in [6, 6.07) is 12.2. The zero-order chi connectivity index (χ0) is 16.8. The van der Waals surface area contributed by atoms with Crippen LogP contribution in [0.2, 0.25) is 0 Å². The number of nitro groups is 1. The third-order valence-electron chi connectivity index (χ3n) is 2.87. The van der Waals surface area contributed by atoms with E-state index in [9.17, 15) is 19.1 Å². The molecular formula is C15H14N2O5S. The van der Waals surface area contributed by atoms with Gasteiger partial charge in [0.15, 0.2) is 6.61 Å². The third kappa shape index (κ3) is 4.89. The highest BCUT2D eigenvalue weighted by molar-refractivity contribution is 7.84. The van der Waals surface area contributed by atoms with E-state index < -0.39 is 15.7 Å². The number of nitrogens with zero attached hydrogens (tertiary/aromatic N) is 1. The van der Waals surface area contributed by atoms with Gasteiger partial charge in [0.2, 0.25) is 0 Å². The molecule has 8 heteroatoms. The Morgan fingerprint density at radius 2 is 1.96 bits per heavy atom. The molecule has 0 aromatic heterocycles.